The topological polar surface area (TPSA) is 63.2 Å². The van der Waals surface area contributed by atoms with E-state index >= 15 is 0 Å². The summed E-state index contributed by atoms with van der Waals surface area (Å²) in [6.45, 7) is 6.42. The van der Waals surface area contributed by atoms with Crippen molar-refractivity contribution >= 4 is 23.1 Å². The van der Waals surface area contributed by atoms with Gasteiger partial charge in [0.15, 0.2) is 0 Å². The Hall–Kier alpha value is -2.08. The third-order valence-corrected chi connectivity index (χ3v) is 3.86. The van der Waals surface area contributed by atoms with Crippen LogP contribution in [0.4, 0.5) is 10.5 Å². The summed E-state index contributed by atoms with van der Waals surface area (Å²) in [6, 6.07) is 5.21. The average molecular weight is 305 g/mol. The predicted octanol–water partition coefficient (Wildman–Crippen LogP) is 3.73. The molecule has 2 amide bonds. The SMILES string of the molecule is CCOc1ccc(NC(=O)NC(C)c2nccs2)cc1C. The lowest BCUT2D eigenvalue weighted by Gasteiger charge is -2.13. The minimum Gasteiger partial charge on any atom is -0.494 e. The first-order valence-electron chi connectivity index (χ1n) is 6.80. The number of nitrogens with one attached hydrogen (secondary N) is 2. The lowest BCUT2D eigenvalue weighted by atomic mass is 10.2. The smallest absolute Gasteiger partial charge is 0.319 e. The van der Waals surface area contributed by atoms with Gasteiger partial charge in [-0.25, -0.2) is 9.78 Å². The zero-order valence-corrected chi connectivity index (χ0v) is 13.2. The summed E-state index contributed by atoms with van der Waals surface area (Å²) >= 11 is 1.52. The molecule has 2 aromatic rings. The Morgan fingerprint density at radius 3 is 2.90 bits per heavy atom. The molecule has 0 aliphatic rings. The molecular weight excluding hydrogens is 286 g/mol. The van der Waals surface area contributed by atoms with Gasteiger partial charge in [-0.3, -0.25) is 0 Å². The maximum atomic E-state index is 12.0. The fraction of sp³-hybridized carbons (Fsp3) is 0.333. The molecule has 0 saturated carbocycles. The summed E-state index contributed by atoms with van der Waals surface area (Å²) in [4.78, 5) is 16.1. The summed E-state index contributed by atoms with van der Waals surface area (Å²) < 4.78 is 5.47. The van der Waals surface area contributed by atoms with E-state index in [9.17, 15) is 4.79 Å². The van der Waals surface area contributed by atoms with Crippen molar-refractivity contribution in [2.45, 2.75) is 26.8 Å². The Kier molecular flexibility index (Phi) is 5.16. The Balaban J connectivity index is 1.95. The van der Waals surface area contributed by atoms with Crippen LogP contribution in [0.5, 0.6) is 5.75 Å². The third-order valence-electron chi connectivity index (χ3n) is 2.90. The van der Waals surface area contributed by atoms with Gasteiger partial charge in [0.1, 0.15) is 10.8 Å². The second-order valence-corrected chi connectivity index (χ2v) is 5.53. The molecule has 5 nitrogen and oxygen atoms in total. The van der Waals surface area contributed by atoms with Crippen LogP contribution in [-0.2, 0) is 0 Å². The summed E-state index contributed by atoms with van der Waals surface area (Å²) in [7, 11) is 0. The highest BCUT2D eigenvalue weighted by Gasteiger charge is 2.12. The van der Waals surface area contributed by atoms with E-state index in [0.717, 1.165) is 22.0 Å². The average Bonchev–Trinajstić information content (AvgIpc) is 2.96. The second-order valence-electron chi connectivity index (χ2n) is 4.60. The molecule has 0 aliphatic heterocycles. The predicted molar refractivity (Wildman–Crippen MR) is 85.0 cm³/mol. The van der Waals surface area contributed by atoms with Gasteiger partial charge in [0.05, 0.1) is 12.6 Å². The number of hydrogen-bond donors (Lipinski definition) is 2. The molecule has 6 heteroatoms. The molecule has 21 heavy (non-hydrogen) atoms. The van der Waals surface area contributed by atoms with E-state index < -0.39 is 0 Å². The Bertz CT molecular complexity index is 599. The highest BCUT2D eigenvalue weighted by Crippen LogP contribution is 2.22. The van der Waals surface area contributed by atoms with Gasteiger partial charge >= 0.3 is 6.03 Å². The molecule has 112 valence electrons. The molecule has 1 atom stereocenters. The molecule has 1 aromatic carbocycles. The van der Waals surface area contributed by atoms with Crippen LogP contribution in [0.1, 0.15) is 30.5 Å². The number of ether oxygens (including phenoxy) is 1. The summed E-state index contributed by atoms with van der Waals surface area (Å²) in [6.07, 6.45) is 1.73. The monoisotopic (exact) mass is 305 g/mol. The third kappa shape index (κ3) is 4.19. The Morgan fingerprint density at radius 2 is 2.29 bits per heavy atom. The van der Waals surface area contributed by atoms with E-state index in [-0.39, 0.29) is 12.1 Å². The van der Waals surface area contributed by atoms with E-state index in [2.05, 4.69) is 15.6 Å². The molecule has 0 bridgehead atoms. The summed E-state index contributed by atoms with van der Waals surface area (Å²) in [5.41, 5.74) is 1.72. The fourth-order valence-electron chi connectivity index (χ4n) is 1.92. The molecule has 1 heterocycles. The number of benzene rings is 1. The highest BCUT2D eigenvalue weighted by molar-refractivity contribution is 7.09. The lowest BCUT2D eigenvalue weighted by molar-refractivity contribution is 0.249. The van der Waals surface area contributed by atoms with Crippen LogP contribution in [-0.4, -0.2) is 17.6 Å². The van der Waals surface area contributed by atoms with Gasteiger partial charge in [0, 0.05) is 17.3 Å². The van der Waals surface area contributed by atoms with Crippen LogP contribution in [0.25, 0.3) is 0 Å². The van der Waals surface area contributed by atoms with Crippen LogP contribution < -0.4 is 15.4 Å². The highest BCUT2D eigenvalue weighted by atomic mass is 32.1. The zero-order valence-electron chi connectivity index (χ0n) is 12.3. The van der Waals surface area contributed by atoms with Crippen molar-refractivity contribution in [3.05, 3.63) is 40.3 Å². The molecular formula is C15H19N3O2S. The largest absolute Gasteiger partial charge is 0.494 e. The first kappa shape index (κ1) is 15.3. The van der Waals surface area contributed by atoms with Crippen LogP contribution in [0, 0.1) is 6.92 Å². The number of aryl methyl sites for hydroxylation is 1. The van der Waals surface area contributed by atoms with Gasteiger partial charge in [-0.1, -0.05) is 0 Å². The molecule has 2 N–H and O–H groups in total. The van der Waals surface area contributed by atoms with Crippen molar-refractivity contribution < 1.29 is 9.53 Å². The van der Waals surface area contributed by atoms with Crippen molar-refractivity contribution in [2.75, 3.05) is 11.9 Å². The van der Waals surface area contributed by atoms with Gasteiger partial charge < -0.3 is 15.4 Å². The Labute approximate surface area is 128 Å². The number of carbonyl (C=O) groups is 1. The van der Waals surface area contributed by atoms with E-state index in [1.54, 1.807) is 6.20 Å². The van der Waals surface area contributed by atoms with Crippen molar-refractivity contribution in [1.29, 1.82) is 0 Å². The number of amides is 2. The van der Waals surface area contributed by atoms with Crippen molar-refractivity contribution in [3.63, 3.8) is 0 Å². The lowest BCUT2D eigenvalue weighted by Crippen LogP contribution is -2.31. The van der Waals surface area contributed by atoms with Crippen molar-refractivity contribution in [2.24, 2.45) is 0 Å². The first-order chi connectivity index (χ1) is 10.1. The Morgan fingerprint density at radius 1 is 1.48 bits per heavy atom. The standard InChI is InChI=1S/C15H19N3O2S/c1-4-20-13-6-5-12(9-10(13)2)18-15(19)17-11(3)14-16-7-8-21-14/h5-9,11H,4H2,1-3H3,(H2,17,18,19). The normalized spacial score (nSPS) is 11.8. The number of aromatic nitrogens is 1. The van der Waals surface area contributed by atoms with E-state index in [1.807, 2.05) is 44.4 Å². The van der Waals surface area contributed by atoms with E-state index in [1.165, 1.54) is 11.3 Å². The van der Waals surface area contributed by atoms with Gasteiger partial charge in [0.2, 0.25) is 0 Å². The minimum atomic E-state index is -0.249. The molecule has 0 spiro atoms. The maximum Gasteiger partial charge on any atom is 0.319 e. The number of thiazole rings is 1. The maximum absolute atomic E-state index is 12.0. The quantitative estimate of drug-likeness (QED) is 0.884. The van der Waals surface area contributed by atoms with Crippen LogP contribution in [0.15, 0.2) is 29.8 Å². The van der Waals surface area contributed by atoms with Gasteiger partial charge in [-0.2, -0.15) is 0 Å². The molecule has 0 saturated heterocycles. The summed E-state index contributed by atoms with van der Waals surface area (Å²) in [5, 5.41) is 8.45. The number of hydrogen-bond acceptors (Lipinski definition) is 4. The van der Waals surface area contributed by atoms with E-state index in [4.69, 9.17) is 4.74 Å². The van der Waals surface area contributed by atoms with Gasteiger partial charge in [0.25, 0.3) is 0 Å². The van der Waals surface area contributed by atoms with Crippen molar-refractivity contribution in [1.82, 2.24) is 10.3 Å². The van der Waals surface area contributed by atoms with Crippen LogP contribution >= 0.6 is 11.3 Å². The summed E-state index contributed by atoms with van der Waals surface area (Å²) in [5.74, 6) is 0.833. The molecule has 1 unspecified atom stereocenters. The molecule has 0 radical (unpaired) electrons. The van der Waals surface area contributed by atoms with E-state index in [0.29, 0.717) is 6.61 Å². The fourth-order valence-corrected chi connectivity index (χ4v) is 2.56. The van der Waals surface area contributed by atoms with Gasteiger partial charge in [-0.05, 0) is 44.5 Å². The molecule has 2 rings (SSSR count). The second kappa shape index (κ2) is 7.08. The number of carbonyl (C=O) groups excluding carboxylic acids is 1. The minimum absolute atomic E-state index is 0.117. The van der Waals surface area contributed by atoms with Crippen LogP contribution in [0.3, 0.4) is 0 Å². The number of rotatable bonds is 5. The molecule has 1 aromatic heterocycles. The first-order valence-corrected chi connectivity index (χ1v) is 7.68. The van der Waals surface area contributed by atoms with Crippen molar-refractivity contribution in [3.8, 4) is 5.75 Å². The van der Waals surface area contributed by atoms with Crippen LogP contribution in [0.2, 0.25) is 0 Å². The molecule has 0 aliphatic carbocycles. The zero-order chi connectivity index (χ0) is 15.2. The molecule has 0 fully saturated rings. The van der Waals surface area contributed by atoms with Gasteiger partial charge in [-0.15, -0.1) is 11.3 Å². The number of urea groups is 1. The number of anilines is 1. The number of nitrogens with zero attached hydrogens (tertiary/aromatic N) is 1.